The van der Waals surface area contributed by atoms with Crippen LogP contribution in [0.3, 0.4) is 0 Å². The summed E-state index contributed by atoms with van der Waals surface area (Å²) in [7, 11) is 2.04. The third-order valence-corrected chi connectivity index (χ3v) is 6.79. The predicted molar refractivity (Wildman–Crippen MR) is 125 cm³/mol. The highest BCUT2D eigenvalue weighted by molar-refractivity contribution is 5.98. The van der Waals surface area contributed by atoms with E-state index >= 15 is 0 Å². The summed E-state index contributed by atoms with van der Waals surface area (Å²) in [5, 5.41) is 1.21. The van der Waals surface area contributed by atoms with Crippen LogP contribution in [-0.2, 0) is 13.6 Å². The number of fused-ring (bicyclic) bond motifs is 2. The summed E-state index contributed by atoms with van der Waals surface area (Å²) < 4.78 is 4.41. The van der Waals surface area contributed by atoms with Crippen LogP contribution in [0, 0.1) is 0 Å². The Hall–Kier alpha value is -3.12. The zero-order valence-corrected chi connectivity index (χ0v) is 18.4. The largest absolute Gasteiger partial charge is 0.338 e. The van der Waals surface area contributed by atoms with Crippen LogP contribution in [0.15, 0.2) is 48.5 Å². The molecule has 6 nitrogen and oxygen atoms in total. The number of nitrogens with two attached hydrogens (primary N) is 1. The zero-order valence-electron chi connectivity index (χ0n) is 18.4. The summed E-state index contributed by atoms with van der Waals surface area (Å²) in [5.41, 5.74) is 11.0. The molecular weight excluding hydrogens is 386 g/mol. The number of likely N-dealkylation sites (tertiary alicyclic amines) is 1. The van der Waals surface area contributed by atoms with Crippen molar-refractivity contribution in [3.05, 3.63) is 54.1 Å². The number of carbonyl (C=O) groups excluding carboxylic acids is 1. The molecular formula is C25H29N5O. The number of aryl methyl sites for hydroxylation is 2. The van der Waals surface area contributed by atoms with E-state index in [0.29, 0.717) is 5.56 Å². The van der Waals surface area contributed by atoms with Crippen molar-refractivity contribution in [3.63, 3.8) is 0 Å². The molecule has 160 valence electrons. The molecule has 31 heavy (non-hydrogen) atoms. The first-order chi connectivity index (χ1) is 15.0. The summed E-state index contributed by atoms with van der Waals surface area (Å²) in [6.07, 6.45) is 1.92. The number of rotatable bonds is 3. The van der Waals surface area contributed by atoms with E-state index in [9.17, 15) is 4.79 Å². The maximum Gasteiger partial charge on any atom is 0.254 e. The molecule has 0 saturated carbocycles. The maximum absolute atomic E-state index is 13.2. The number of hydrogen-bond donors (Lipinski definition) is 1. The van der Waals surface area contributed by atoms with Gasteiger partial charge in [-0.15, -0.1) is 0 Å². The van der Waals surface area contributed by atoms with Crippen LogP contribution < -0.4 is 5.73 Å². The number of amides is 1. The molecule has 1 saturated heterocycles. The molecule has 2 aromatic heterocycles. The molecule has 0 bridgehead atoms. The molecule has 0 radical (unpaired) electrons. The van der Waals surface area contributed by atoms with Crippen molar-refractivity contribution in [1.29, 1.82) is 0 Å². The molecule has 1 amide bonds. The number of carbonyl (C=O) groups is 1. The van der Waals surface area contributed by atoms with E-state index in [0.717, 1.165) is 48.5 Å². The van der Waals surface area contributed by atoms with Crippen molar-refractivity contribution < 1.29 is 4.79 Å². The Bertz CT molecular complexity index is 1280. The van der Waals surface area contributed by atoms with Gasteiger partial charge in [0.2, 0.25) is 0 Å². The van der Waals surface area contributed by atoms with Crippen LogP contribution in [0.25, 0.3) is 33.5 Å². The van der Waals surface area contributed by atoms with Crippen molar-refractivity contribution in [2.24, 2.45) is 12.8 Å². The summed E-state index contributed by atoms with van der Waals surface area (Å²) in [6, 6.07) is 16.5. The Morgan fingerprint density at radius 3 is 2.77 bits per heavy atom. The number of benzene rings is 2. The summed E-state index contributed by atoms with van der Waals surface area (Å²) in [4.78, 5) is 20.1. The number of nitrogens with zero attached hydrogens (tertiary/aromatic N) is 4. The first-order valence-electron chi connectivity index (χ1n) is 11.1. The molecule has 5 rings (SSSR count). The Morgan fingerprint density at radius 1 is 1.16 bits per heavy atom. The lowest BCUT2D eigenvalue weighted by atomic mass is 9.97. The molecule has 0 spiro atoms. The molecule has 2 aromatic carbocycles. The molecule has 0 unspecified atom stereocenters. The summed E-state index contributed by atoms with van der Waals surface area (Å²) in [6.45, 7) is 5.82. The second-order valence-electron chi connectivity index (χ2n) is 8.58. The molecule has 0 aliphatic carbocycles. The van der Waals surface area contributed by atoms with Crippen molar-refractivity contribution >= 4 is 27.8 Å². The van der Waals surface area contributed by atoms with E-state index in [-0.39, 0.29) is 18.0 Å². The second-order valence-corrected chi connectivity index (χ2v) is 8.58. The smallest absolute Gasteiger partial charge is 0.254 e. The van der Waals surface area contributed by atoms with Crippen LogP contribution in [0.1, 0.15) is 37.0 Å². The fourth-order valence-corrected chi connectivity index (χ4v) is 4.92. The highest BCUT2D eigenvalue weighted by Gasteiger charge is 2.29. The first kappa shape index (κ1) is 19.8. The van der Waals surface area contributed by atoms with Crippen molar-refractivity contribution in [3.8, 4) is 11.5 Å². The van der Waals surface area contributed by atoms with E-state index in [1.54, 1.807) is 0 Å². The van der Waals surface area contributed by atoms with Gasteiger partial charge in [0, 0.05) is 48.7 Å². The monoisotopic (exact) mass is 415 g/mol. The normalized spacial score (nSPS) is 19.4. The lowest BCUT2D eigenvalue weighted by molar-refractivity contribution is 0.0605. The first-order valence-corrected chi connectivity index (χ1v) is 11.1. The van der Waals surface area contributed by atoms with Gasteiger partial charge in [0.05, 0.1) is 16.7 Å². The Labute approximate surface area is 182 Å². The number of imidazole rings is 1. The Balaban J connectivity index is 1.57. The summed E-state index contributed by atoms with van der Waals surface area (Å²) in [5.74, 6) is 0.949. The van der Waals surface area contributed by atoms with Crippen molar-refractivity contribution in [2.45, 2.75) is 45.3 Å². The minimum Gasteiger partial charge on any atom is -0.338 e. The van der Waals surface area contributed by atoms with Gasteiger partial charge < -0.3 is 19.8 Å². The number of aromatic nitrogens is 3. The van der Waals surface area contributed by atoms with Crippen LogP contribution in [-0.4, -0.2) is 43.6 Å². The molecule has 1 aliphatic heterocycles. The van der Waals surface area contributed by atoms with Gasteiger partial charge >= 0.3 is 0 Å². The third-order valence-electron chi connectivity index (χ3n) is 6.79. The van der Waals surface area contributed by atoms with Gasteiger partial charge in [-0.05, 0) is 57.0 Å². The van der Waals surface area contributed by atoms with Crippen LogP contribution >= 0.6 is 0 Å². The number of para-hydroxylation sites is 1. The van der Waals surface area contributed by atoms with E-state index in [1.807, 2.05) is 37.1 Å². The zero-order chi connectivity index (χ0) is 21.7. The SMILES string of the molecule is CCn1c(-c2nc3cc(C(=O)N4CCC[C@H](N)[C@@H]4C)ccc3n2C)cc2ccccc21. The average Bonchev–Trinajstić information content (AvgIpc) is 3.32. The van der Waals surface area contributed by atoms with Gasteiger partial charge in [0.1, 0.15) is 0 Å². The van der Waals surface area contributed by atoms with Crippen LogP contribution in [0.5, 0.6) is 0 Å². The number of piperidine rings is 1. The van der Waals surface area contributed by atoms with Gasteiger partial charge in [0.15, 0.2) is 5.82 Å². The lowest BCUT2D eigenvalue weighted by Crippen LogP contribution is -2.52. The minimum absolute atomic E-state index is 0.0406. The van der Waals surface area contributed by atoms with Crippen molar-refractivity contribution in [2.75, 3.05) is 6.54 Å². The predicted octanol–water partition coefficient (Wildman–Crippen LogP) is 4.17. The van der Waals surface area contributed by atoms with Gasteiger partial charge in [-0.25, -0.2) is 4.98 Å². The van der Waals surface area contributed by atoms with E-state index in [1.165, 1.54) is 10.9 Å². The molecule has 4 aromatic rings. The standard InChI is InChI=1S/C25H29N5O/c1-4-29-21-10-6-5-8-17(21)15-23(29)24-27-20-14-18(11-12-22(20)28(24)3)25(31)30-13-7-9-19(26)16(30)2/h5-6,8,10-12,14-16,19H,4,7,9,13,26H2,1-3H3/t16-,19-/m0/s1. The topological polar surface area (TPSA) is 69.1 Å². The molecule has 1 aliphatic rings. The molecule has 2 N–H and O–H groups in total. The lowest BCUT2D eigenvalue weighted by Gasteiger charge is -2.37. The molecule has 6 heteroatoms. The Kier molecular flexibility index (Phi) is 4.82. The van der Waals surface area contributed by atoms with Gasteiger partial charge in [-0.2, -0.15) is 0 Å². The third kappa shape index (κ3) is 3.13. The van der Waals surface area contributed by atoms with E-state index in [2.05, 4.69) is 46.4 Å². The maximum atomic E-state index is 13.2. The second kappa shape index (κ2) is 7.54. The van der Waals surface area contributed by atoms with E-state index in [4.69, 9.17) is 10.7 Å². The Morgan fingerprint density at radius 2 is 1.97 bits per heavy atom. The van der Waals surface area contributed by atoms with E-state index < -0.39 is 0 Å². The highest BCUT2D eigenvalue weighted by atomic mass is 16.2. The van der Waals surface area contributed by atoms with Crippen molar-refractivity contribution in [1.82, 2.24) is 19.0 Å². The number of hydrogen-bond acceptors (Lipinski definition) is 3. The van der Waals surface area contributed by atoms with Crippen LogP contribution in [0.2, 0.25) is 0 Å². The quantitative estimate of drug-likeness (QED) is 0.546. The molecule has 2 atom stereocenters. The average molecular weight is 416 g/mol. The molecule has 3 heterocycles. The van der Waals surface area contributed by atoms with Crippen LogP contribution in [0.4, 0.5) is 0 Å². The fourth-order valence-electron chi connectivity index (χ4n) is 4.92. The van der Waals surface area contributed by atoms with Gasteiger partial charge in [0.25, 0.3) is 5.91 Å². The summed E-state index contributed by atoms with van der Waals surface area (Å²) >= 11 is 0. The fraction of sp³-hybridized carbons (Fsp3) is 0.360. The minimum atomic E-state index is 0.0406. The highest BCUT2D eigenvalue weighted by Crippen LogP contribution is 2.30. The van der Waals surface area contributed by atoms with Gasteiger partial charge in [-0.3, -0.25) is 4.79 Å². The molecule has 1 fully saturated rings. The van der Waals surface area contributed by atoms with Gasteiger partial charge in [-0.1, -0.05) is 18.2 Å².